The molecular formula is C19H30FN3O2. The molecule has 0 amide bonds. The summed E-state index contributed by atoms with van der Waals surface area (Å²) in [5.41, 5.74) is 0.847. The first-order valence-electron chi connectivity index (χ1n) is 8.84. The molecular weight excluding hydrogens is 321 g/mol. The van der Waals surface area contributed by atoms with Crippen LogP contribution in [0.5, 0.6) is 5.75 Å². The predicted octanol–water partition coefficient (Wildman–Crippen LogP) is 3.04. The molecule has 0 saturated carbocycles. The quantitative estimate of drug-likeness (QED) is 0.576. The van der Waals surface area contributed by atoms with Crippen LogP contribution < -0.4 is 10.6 Å². The summed E-state index contributed by atoms with van der Waals surface area (Å²) in [5, 5.41) is 15.8. The minimum absolute atomic E-state index is 0.104. The first kappa shape index (κ1) is 19.5. The Balaban J connectivity index is 1.88. The normalized spacial score (nSPS) is 21.9. The molecule has 1 aliphatic heterocycles. The van der Waals surface area contributed by atoms with Crippen LogP contribution in [-0.2, 0) is 11.3 Å². The fraction of sp³-hybridized carbons (Fsp3) is 0.632. The Morgan fingerprint density at radius 1 is 1.36 bits per heavy atom. The number of ether oxygens (including phenoxy) is 1. The molecule has 3 N–H and O–H groups in total. The van der Waals surface area contributed by atoms with Gasteiger partial charge in [0.15, 0.2) is 17.5 Å². The van der Waals surface area contributed by atoms with Gasteiger partial charge in [-0.1, -0.05) is 26.8 Å². The maximum atomic E-state index is 13.4. The highest BCUT2D eigenvalue weighted by Gasteiger charge is 2.35. The van der Waals surface area contributed by atoms with Crippen LogP contribution in [0.4, 0.5) is 4.39 Å². The third-order valence-corrected chi connectivity index (χ3v) is 4.53. The average Bonchev–Trinajstić information content (AvgIpc) is 2.57. The Hall–Kier alpha value is -1.82. The van der Waals surface area contributed by atoms with Gasteiger partial charge in [-0.3, -0.25) is 4.99 Å². The van der Waals surface area contributed by atoms with E-state index in [0.717, 1.165) is 31.6 Å². The molecule has 0 aliphatic carbocycles. The van der Waals surface area contributed by atoms with Gasteiger partial charge in [-0.25, -0.2) is 4.39 Å². The largest absolute Gasteiger partial charge is 0.505 e. The highest BCUT2D eigenvalue weighted by molar-refractivity contribution is 5.79. The number of phenols is 1. The van der Waals surface area contributed by atoms with Crippen molar-refractivity contribution in [3.63, 3.8) is 0 Å². The van der Waals surface area contributed by atoms with E-state index in [1.807, 2.05) is 0 Å². The molecule has 6 heteroatoms. The molecule has 2 atom stereocenters. The summed E-state index contributed by atoms with van der Waals surface area (Å²) in [5.74, 6) is 0.150. The highest BCUT2D eigenvalue weighted by Crippen LogP contribution is 2.33. The number of nitrogens with one attached hydrogen (secondary N) is 2. The topological polar surface area (TPSA) is 65.9 Å². The second-order valence-corrected chi connectivity index (χ2v) is 7.65. The number of aliphatic imine (C=N–C) groups is 1. The summed E-state index contributed by atoms with van der Waals surface area (Å²) >= 11 is 0. The third kappa shape index (κ3) is 5.59. The number of halogens is 1. The van der Waals surface area contributed by atoms with Crippen LogP contribution in [0.1, 0.15) is 39.2 Å². The molecule has 1 saturated heterocycles. The Morgan fingerprint density at radius 3 is 2.76 bits per heavy atom. The van der Waals surface area contributed by atoms with Gasteiger partial charge >= 0.3 is 0 Å². The minimum Gasteiger partial charge on any atom is -0.505 e. The lowest BCUT2D eigenvalue weighted by molar-refractivity contribution is -0.0835. The third-order valence-electron chi connectivity index (χ3n) is 4.53. The first-order chi connectivity index (χ1) is 11.8. The number of aromatic hydroxyl groups is 1. The number of phenolic OH excluding ortho intramolecular Hbond substituents is 1. The number of nitrogens with zero attached hydrogens (tertiary/aromatic N) is 1. The molecule has 1 aliphatic rings. The van der Waals surface area contributed by atoms with E-state index in [0.29, 0.717) is 18.4 Å². The van der Waals surface area contributed by atoms with Crippen molar-refractivity contribution in [3.8, 4) is 5.75 Å². The van der Waals surface area contributed by atoms with Gasteiger partial charge < -0.3 is 20.5 Å². The van der Waals surface area contributed by atoms with Gasteiger partial charge in [0.1, 0.15) is 0 Å². The van der Waals surface area contributed by atoms with E-state index in [4.69, 9.17) is 4.74 Å². The first-order valence-corrected chi connectivity index (χ1v) is 8.84. The van der Waals surface area contributed by atoms with Crippen molar-refractivity contribution >= 4 is 5.96 Å². The van der Waals surface area contributed by atoms with Crippen LogP contribution in [0.2, 0.25) is 0 Å². The molecule has 5 nitrogen and oxygen atoms in total. The Labute approximate surface area is 149 Å². The van der Waals surface area contributed by atoms with E-state index in [1.165, 1.54) is 12.1 Å². The lowest BCUT2D eigenvalue weighted by atomic mass is 9.78. The zero-order valence-electron chi connectivity index (χ0n) is 15.6. The second kappa shape index (κ2) is 8.52. The van der Waals surface area contributed by atoms with E-state index in [2.05, 4.69) is 36.4 Å². The highest BCUT2D eigenvalue weighted by atomic mass is 19.1. The molecule has 25 heavy (non-hydrogen) atoms. The number of hydrogen-bond acceptors (Lipinski definition) is 3. The fourth-order valence-corrected chi connectivity index (χ4v) is 3.30. The monoisotopic (exact) mass is 351 g/mol. The molecule has 1 aromatic carbocycles. The SMILES string of the molecule is CN=C(NCc1ccc(O)c(F)c1)NCC1CCCOC1C(C)(C)C. The van der Waals surface area contributed by atoms with Crippen molar-refractivity contribution < 1.29 is 14.2 Å². The van der Waals surface area contributed by atoms with Crippen molar-refractivity contribution in [2.75, 3.05) is 20.2 Å². The van der Waals surface area contributed by atoms with Gasteiger partial charge in [0, 0.05) is 32.7 Å². The van der Waals surface area contributed by atoms with Crippen LogP contribution in [0.25, 0.3) is 0 Å². The number of guanidine groups is 1. The van der Waals surface area contributed by atoms with Crippen molar-refractivity contribution in [2.24, 2.45) is 16.3 Å². The lowest BCUT2D eigenvalue weighted by Gasteiger charge is -2.40. The van der Waals surface area contributed by atoms with Gasteiger partial charge in [-0.05, 0) is 36.0 Å². The number of rotatable bonds is 4. The summed E-state index contributed by atoms with van der Waals surface area (Å²) in [6, 6.07) is 4.36. The van der Waals surface area contributed by atoms with Crippen LogP contribution in [0.15, 0.2) is 23.2 Å². The maximum absolute atomic E-state index is 13.4. The molecule has 1 aromatic rings. The summed E-state index contributed by atoms with van der Waals surface area (Å²) in [4.78, 5) is 4.23. The van der Waals surface area contributed by atoms with Crippen LogP contribution in [0.3, 0.4) is 0 Å². The van der Waals surface area contributed by atoms with E-state index in [1.54, 1.807) is 13.1 Å². The molecule has 0 aromatic heterocycles. The fourth-order valence-electron chi connectivity index (χ4n) is 3.30. The zero-order chi connectivity index (χ0) is 18.4. The lowest BCUT2D eigenvalue weighted by Crippen LogP contribution is -2.47. The van der Waals surface area contributed by atoms with Crippen LogP contribution >= 0.6 is 0 Å². The molecule has 0 spiro atoms. The second-order valence-electron chi connectivity index (χ2n) is 7.65. The maximum Gasteiger partial charge on any atom is 0.191 e. The van der Waals surface area contributed by atoms with E-state index >= 15 is 0 Å². The summed E-state index contributed by atoms with van der Waals surface area (Å²) in [6.45, 7) is 8.68. The molecule has 0 bridgehead atoms. The number of benzene rings is 1. The standard InChI is InChI=1S/C19H30FN3O2/c1-19(2,3)17-14(6-5-9-25-17)12-23-18(21-4)22-11-13-7-8-16(24)15(20)10-13/h7-8,10,14,17,24H,5-6,9,11-12H2,1-4H3,(H2,21,22,23). The summed E-state index contributed by atoms with van der Waals surface area (Å²) in [6.07, 6.45) is 2.44. The summed E-state index contributed by atoms with van der Waals surface area (Å²) in [7, 11) is 1.71. The Morgan fingerprint density at radius 2 is 2.12 bits per heavy atom. The van der Waals surface area contributed by atoms with Crippen molar-refractivity contribution in [2.45, 2.75) is 46.3 Å². The van der Waals surface area contributed by atoms with E-state index in [9.17, 15) is 9.50 Å². The van der Waals surface area contributed by atoms with E-state index in [-0.39, 0.29) is 17.3 Å². The Kier molecular flexibility index (Phi) is 6.64. The van der Waals surface area contributed by atoms with Crippen molar-refractivity contribution in [1.82, 2.24) is 10.6 Å². The summed E-state index contributed by atoms with van der Waals surface area (Å²) < 4.78 is 19.4. The number of hydrogen-bond donors (Lipinski definition) is 3. The molecule has 2 unspecified atom stereocenters. The van der Waals surface area contributed by atoms with Crippen molar-refractivity contribution in [1.29, 1.82) is 0 Å². The average molecular weight is 351 g/mol. The van der Waals surface area contributed by atoms with Gasteiger partial charge in [0.05, 0.1) is 6.10 Å². The minimum atomic E-state index is -0.616. The van der Waals surface area contributed by atoms with E-state index < -0.39 is 5.82 Å². The van der Waals surface area contributed by atoms with Gasteiger partial charge in [-0.2, -0.15) is 0 Å². The molecule has 1 heterocycles. The Bertz CT molecular complexity index is 599. The van der Waals surface area contributed by atoms with Gasteiger partial charge in [0.2, 0.25) is 0 Å². The van der Waals surface area contributed by atoms with Crippen LogP contribution in [0, 0.1) is 17.2 Å². The van der Waals surface area contributed by atoms with Crippen LogP contribution in [-0.4, -0.2) is 37.4 Å². The smallest absolute Gasteiger partial charge is 0.191 e. The molecule has 1 fully saturated rings. The molecule has 0 radical (unpaired) electrons. The molecule has 2 rings (SSSR count). The molecule has 140 valence electrons. The van der Waals surface area contributed by atoms with Gasteiger partial charge in [-0.15, -0.1) is 0 Å². The van der Waals surface area contributed by atoms with Crippen molar-refractivity contribution in [3.05, 3.63) is 29.6 Å². The predicted molar refractivity (Wildman–Crippen MR) is 98.2 cm³/mol. The zero-order valence-corrected chi connectivity index (χ0v) is 15.6. The van der Waals surface area contributed by atoms with Gasteiger partial charge in [0.25, 0.3) is 0 Å².